The Kier molecular flexibility index (Phi) is 4.51. The van der Waals surface area contributed by atoms with E-state index in [2.05, 4.69) is 41.9 Å². The fourth-order valence-electron chi connectivity index (χ4n) is 2.33. The molecular weight excluding hydrogens is 300 g/mol. The lowest BCUT2D eigenvalue weighted by Gasteiger charge is -2.18. The van der Waals surface area contributed by atoms with Gasteiger partial charge in [0.2, 0.25) is 0 Å². The summed E-state index contributed by atoms with van der Waals surface area (Å²) in [6.07, 6.45) is 3.84. The highest BCUT2D eigenvalue weighted by Gasteiger charge is 2.21. The van der Waals surface area contributed by atoms with E-state index in [1.165, 1.54) is 24.0 Å². The van der Waals surface area contributed by atoms with Crippen LogP contribution in [0.2, 0.25) is 5.02 Å². The summed E-state index contributed by atoms with van der Waals surface area (Å²) >= 11 is 9.90. The zero-order chi connectivity index (χ0) is 12.4. The summed E-state index contributed by atoms with van der Waals surface area (Å²) in [5.41, 5.74) is 3.73. The van der Waals surface area contributed by atoms with E-state index in [1.807, 2.05) is 0 Å². The molecule has 1 nitrogen and oxygen atoms in total. The third-order valence-electron chi connectivity index (χ3n) is 3.38. The number of alkyl halides is 1. The summed E-state index contributed by atoms with van der Waals surface area (Å²) in [6.45, 7) is 5.09. The Morgan fingerprint density at radius 3 is 2.82 bits per heavy atom. The SMILES string of the molecule is Cc1cc(C(Br)CC2CCCO2)c(C)cc1Cl. The molecule has 2 atom stereocenters. The van der Waals surface area contributed by atoms with Crippen molar-refractivity contribution in [2.45, 2.75) is 44.0 Å². The molecule has 2 rings (SSSR count). The first-order chi connectivity index (χ1) is 8.08. The molecule has 0 spiro atoms. The minimum absolute atomic E-state index is 0.363. The van der Waals surface area contributed by atoms with Gasteiger partial charge < -0.3 is 4.74 Å². The number of hydrogen-bond donors (Lipinski definition) is 0. The summed E-state index contributed by atoms with van der Waals surface area (Å²) < 4.78 is 5.68. The molecule has 1 fully saturated rings. The summed E-state index contributed by atoms with van der Waals surface area (Å²) in [5.74, 6) is 0. The Morgan fingerprint density at radius 2 is 2.18 bits per heavy atom. The number of benzene rings is 1. The van der Waals surface area contributed by atoms with Crippen LogP contribution in [0.4, 0.5) is 0 Å². The second-order valence-corrected chi connectivity index (χ2v) is 6.31. The van der Waals surface area contributed by atoms with Gasteiger partial charge in [0.25, 0.3) is 0 Å². The molecule has 94 valence electrons. The molecule has 0 aliphatic carbocycles. The number of aryl methyl sites for hydroxylation is 2. The van der Waals surface area contributed by atoms with Gasteiger partial charge in [-0.2, -0.15) is 0 Å². The third kappa shape index (κ3) is 3.24. The maximum Gasteiger partial charge on any atom is 0.0589 e. The normalized spacial score (nSPS) is 21.8. The van der Waals surface area contributed by atoms with E-state index in [-0.39, 0.29) is 0 Å². The van der Waals surface area contributed by atoms with Crippen LogP contribution in [0.3, 0.4) is 0 Å². The van der Waals surface area contributed by atoms with Crippen molar-refractivity contribution in [3.8, 4) is 0 Å². The molecule has 0 amide bonds. The maximum atomic E-state index is 6.12. The highest BCUT2D eigenvalue weighted by Crippen LogP contribution is 2.35. The fraction of sp³-hybridized carbons (Fsp3) is 0.571. The summed E-state index contributed by atoms with van der Waals surface area (Å²) in [4.78, 5) is 0.363. The lowest BCUT2D eigenvalue weighted by molar-refractivity contribution is 0.104. The number of halogens is 2. The third-order valence-corrected chi connectivity index (χ3v) is 4.65. The molecule has 17 heavy (non-hydrogen) atoms. The summed E-state index contributed by atoms with van der Waals surface area (Å²) in [6, 6.07) is 4.24. The van der Waals surface area contributed by atoms with Crippen LogP contribution in [0.15, 0.2) is 12.1 Å². The van der Waals surface area contributed by atoms with Crippen LogP contribution >= 0.6 is 27.5 Å². The van der Waals surface area contributed by atoms with E-state index >= 15 is 0 Å². The van der Waals surface area contributed by atoms with Gasteiger partial charge in [-0.3, -0.25) is 0 Å². The largest absolute Gasteiger partial charge is 0.378 e. The van der Waals surface area contributed by atoms with Crippen LogP contribution in [0.1, 0.15) is 40.8 Å². The van der Waals surface area contributed by atoms with Gasteiger partial charge >= 0.3 is 0 Å². The molecular formula is C14H18BrClO. The Balaban J connectivity index is 2.12. The lowest BCUT2D eigenvalue weighted by atomic mass is 9.99. The van der Waals surface area contributed by atoms with Crippen molar-refractivity contribution in [1.29, 1.82) is 0 Å². The molecule has 3 heteroatoms. The average Bonchev–Trinajstić information content (AvgIpc) is 2.76. The molecule has 1 aliphatic rings. The van der Waals surface area contributed by atoms with E-state index < -0.39 is 0 Å². The predicted octanol–water partition coefficient (Wildman–Crippen LogP) is 4.96. The van der Waals surface area contributed by atoms with Gasteiger partial charge in [-0.25, -0.2) is 0 Å². The molecule has 1 aromatic rings. The highest BCUT2D eigenvalue weighted by atomic mass is 79.9. The van der Waals surface area contributed by atoms with Gasteiger partial charge in [-0.1, -0.05) is 33.6 Å². The number of rotatable bonds is 3. The van der Waals surface area contributed by atoms with E-state index in [0.717, 1.165) is 23.6 Å². The second-order valence-electron chi connectivity index (χ2n) is 4.80. The van der Waals surface area contributed by atoms with Gasteiger partial charge in [-0.05, 0) is 55.9 Å². The summed E-state index contributed by atoms with van der Waals surface area (Å²) in [5, 5.41) is 0.850. The van der Waals surface area contributed by atoms with Gasteiger partial charge in [0.05, 0.1) is 6.10 Å². The van der Waals surface area contributed by atoms with Crippen molar-refractivity contribution in [1.82, 2.24) is 0 Å². The van der Waals surface area contributed by atoms with Crippen LogP contribution in [0.5, 0.6) is 0 Å². The average molecular weight is 318 g/mol. The first kappa shape index (κ1) is 13.4. The second kappa shape index (κ2) is 5.73. The van der Waals surface area contributed by atoms with Crippen molar-refractivity contribution in [2.24, 2.45) is 0 Å². The monoisotopic (exact) mass is 316 g/mol. The Bertz CT molecular complexity index is 399. The van der Waals surface area contributed by atoms with E-state index in [1.54, 1.807) is 0 Å². The van der Waals surface area contributed by atoms with Crippen LogP contribution < -0.4 is 0 Å². The van der Waals surface area contributed by atoms with Gasteiger partial charge in [0, 0.05) is 16.5 Å². The molecule has 0 N–H and O–H groups in total. The zero-order valence-electron chi connectivity index (χ0n) is 10.3. The Hall–Kier alpha value is -0.0500. The lowest BCUT2D eigenvalue weighted by Crippen LogP contribution is -2.09. The molecule has 1 heterocycles. The predicted molar refractivity (Wildman–Crippen MR) is 76.2 cm³/mol. The van der Waals surface area contributed by atoms with Crippen LogP contribution in [-0.2, 0) is 4.74 Å². The molecule has 0 bridgehead atoms. The zero-order valence-corrected chi connectivity index (χ0v) is 12.6. The van der Waals surface area contributed by atoms with Crippen LogP contribution in [0.25, 0.3) is 0 Å². The maximum absolute atomic E-state index is 6.12. The van der Waals surface area contributed by atoms with Crippen molar-refractivity contribution in [3.05, 3.63) is 33.8 Å². The van der Waals surface area contributed by atoms with E-state index in [9.17, 15) is 0 Å². The molecule has 0 aromatic heterocycles. The van der Waals surface area contributed by atoms with E-state index in [4.69, 9.17) is 16.3 Å². The molecule has 2 unspecified atom stereocenters. The molecule has 0 radical (unpaired) electrons. The number of hydrogen-bond acceptors (Lipinski definition) is 1. The van der Waals surface area contributed by atoms with Crippen molar-refractivity contribution in [3.63, 3.8) is 0 Å². The minimum atomic E-state index is 0.363. The van der Waals surface area contributed by atoms with Gasteiger partial charge in [0.15, 0.2) is 0 Å². The van der Waals surface area contributed by atoms with Gasteiger partial charge in [0.1, 0.15) is 0 Å². The standard InChI is InChI=1S/C14H18BrClO/c1-9-7-14(16)10(2)6-12(9)13(15)8-11-4-3-5-17-11/h6-7,11,13H,3-5,8H2,1-2H3. The van der Waals surface area contributed by atoms with Crippen molar-refractivity contribution < 1.29 is 4.74 Å². The quantitative estimate of drug-likeness (QED) is 0.716. The van der Waals surface area contributed by atoms with Crippen LogP contribution in [-0.4, -0.2) is 12.7 Å². The number of ether oxygens (including phenoxy) is 1. The van der Waals surface area contributed by atoms with Crippen molar-refractivity contribution in [2.75, 3.05) is 6.61 Å². The fourth-order valence-corrected chi connectivity index (χ4v) is 3.46. The minimum Gasteiger partial charge on any atom is -0.378 e. The topological polar surface area (TPSA) is 9.23 Å². The molecule has 1 aliphatic heterocycles. The molecule has 1 saturated heterocycles. The first-order valence-corrected chi connectivity index (χ1v) is 7.39. The highest BCUT2D eigenvalue weighted by molar-refractivity contribution is 9.09. The summed E-state index contributed by atoms with van der Waals surface area (Å²) in [7, 11) is 0. The Labute approximate surface area is 117 Å². The van der Waals surface area contributed by atoms with Crippen molar-refractivity contribution >= 4 is 27.5 Å². The molecule has 1 aromatic carbocycles. The van der Waals surface area contributed by atoms with Gasteiger partial charge in [-0.15, -0.1) is 0 Å². The first-order valence-electron chi connectivity index (χ1n) is 6.10. The van der Waals surface area contributed by atoms with E-state index in [0.29, 0.717) is 10.9 Å². The molecule has 0 saturated carbocycles. The smallest absolute Gasteiger partial charge is 0.0589 e. The van der Waals surface area contributed by atoms with Crippen LogP contribution in [0, 0.1) is 13.8 Å². The Morgan fingerprint density at radius 1 is 1.41 bits per heavy atom.